The normalized spacial score (nSPS) is 10.7. The minimum Gasteiger partial charge on any atom is -0.306 e. The molecular formula is C15H14ClN5. The molecule has 1 N–H and O–H groups in total. The average molecular weight is 300 g/mol. The van der Waals surface area contributed by atoms with Gasteiger partial charge in [-0.25, -0.2) is 0 Å². The van der Waals surface area contributed by atoms with E-state index >= 15 is 0 Å². The summed E-state index contributed by atoms with van der Waals surface area (Å²) in [6, 6.07) is 17.6. The summed E-state index contributed by atoms with van der Waals surface area (Å²) in [5.74, 6) is 0.767. The lowest BCUT2D eigenvalue weighted by Crippen LogP contribution is -2.16. The molecule has 0 atom stereocenters. The number of rotatable bonds is 5. The van der Waals surface area contributed by atoms with Crippen LogP contribution in [-0.4, -0.2) is 20.2 Å². The smallest absolute Gasteiger partial charge is 0.170 e. The van der Waals surface area contributed by atoms with Crippen molar-refractivity contribution in [3.8, 4) is 5.69 Å². The van der Waals surface area contributed by atoms with Crippen LogP contribution in [0.2, 0.25) is 5.02 Å². The minimum absolute atomic E-state index is 0.578. The number of tetrazole rings is 1. The number of para-hydroxylation sites is 1. The van der Waals surface area contributed by atoms with E-state index in [0.717, 1.165) is 22.1 Å². The van der Waals surface area contributed by atoms with Crippen molar-refractivity contribution in [1.29, 1.82) is 0 Å². The number of hydrogen-bond acceptors (Lipinski definition) is 4. The van der Waals surface area contributed by atoms with Gasteiger partial charge in [0, 0.05) is 11.6 Å². The van der Waals surface area contributed by atoms with Crippen LogP contribution in [0.4, 0.5) is 0 Å². The number of halogens is 1. The summed E-state index contributed by atoms with van der Waals surface area (Å²) in [6.07, 6.45) is 0. The topological polar surface area (TPSA) is 55.6 Å². The number of aromatic nitrogens is 4. The summed E-state index contributed by atoms with van der Waals surface area (Å²) in [7, 11) is 0. The largest absolute Gasteiger partial charge is 0.306 e. The predicted molar refractivity (Wildman–Crippen MR) is 81.1 cm³/mol. The molecule has 3 aromatic rings. The van der Waals surface area contributed by atoms with Gasteiger partial charge in [0.25, 0.3) is 0 Å². The zero-order chi connectivity index (χ0) is 14.5. The Morgan fingerprint density at radius 1 is 1.00 bits per heavy atom. The van der Waals surface area contributed by atoms with Gasteiger partial charge >= 0.3 is 0 Å². The molecule has 5 nitrogen and oxygen atoms in total. The molecule has 0 radical (unpaired) electrons. The van der Waals surface area contributed by atoms with Crippen LogP contribution < -0.4 is 5.32 Å². The van der Waals surface area contributed by atoms with Gasteiger partial charge in [-0.3, -0.25) is 0 Å². The van der Waals surface area contributed by atoms with E-state index in [-0.39, 0.29) is 0 Å². The van der Waals surface area contributed by atoms with Gasteiger partial charge in [-0.1, -0.05) is 41.9 Å². The first-order chi connectivity index (χ1) is 10.3. The maximum atomic E-state index is 5.96. The van der Waals surface area contributed by atoms with E-state index in [2.05, 4.69) is 20.8 Å². The van der Waals surface area contributed by atoms with Crippen molar-refractivity contribution >= 4 is 11.6 Å². The number of hydrogen-bond donors (Lipinski definition) is 1. The lowest BCUT2D eigenvalue weighted by molar-refractivity contribution is 0.641. The maximum absolute atomic E-state index is 5.96. The van der Waals surface area contributed by atoms with Gasteiger partial charge in [0.1, 0.15) is 0 Å². The van der Waals surface area contributed by atoms with Crippen LogP contribution in [0.1, 0.15) is 11.4 Å². The SMILES string of the molecule is Clc1cccc(CNCc2nnnn2-c2ccccc2)c1. The summed E-state index contributed by atoms with van der Waals surface area (Å²) in [5, 5.41) is 15.9. The van der Waals surface area contributed by atoms with Gasteiger partial charge in [-0.05, 0) is 40.3 Å². The van der Waals surface area contributed by atoms with Crippen LogP contribution in [0.3, 0.4) is 0 Å². The van der Waals surface area contributed by atoms with Gasteiger partial charge in [-0.2, -0.15) is 4.68 Å². The third-order valence-corrected chi connectivity index (χ3v) is 3.27. The lowest BCUT2D eigenvalue weighted by Gasteiger charge is -2.06. The molecule has 6 heteroatoms. The van der Waals surface area contributed by atoms with Crippen LogP contribution >= 0.6 is 11.6 Å². The first-order valence-corrected chi connectivity index (χ1v) is 6.98. The molecule has 0 amide bonds. The Hall–Kier alpha value is -2.24. The van der Waals surface area contributed by atoms with Crippen molar-refractivity contribution in [3.05, 3.63) is 71.0 Å². The van der Waals surface area contributed by atoms with Gasteiger partial charge in [-0.15, -0.1) is 5.10 Å². The number of nitrogens with one attached hydrogen (secondary N) is 1. The first kappa shape index (κ1) is 13.7. The fourth-order valence-electron chi connectivity index (χ4n) is 2.05. The molecule has 0 aliphatic carbocycles. The molecule has 21 heavy (non-hydrogen) atoms. The van der Waals surface area contributed by atoms with Crippen molar-refractivity contribution in [1.82, 2.24) is 25.5 Å². The molecule has 0 spiro atoms. The van der Waals surface area contributed by atoms with E-state index in [1.54, 1.807) is 4.68 Å². The highest BCUT2D eigenvalue weighted by atomic mass is 35.5. The molecule has 1 heterocycles. The standard InChI is InChI=1S/C15H14ClN5/c16-13-6-4-5-12(9-13)10-17-11-15-18-19-20-21(15)14-7-2-1-3-8-14/h1-9,17H,10-11H2. The summed E-state index contributed by atoms with van der Waals surface area (Å²) >= 11 is 5.96. The molecule has 3 rings (SSSR count). The molecule has 106 valence electrons. The average Bonchev–Trinajstić information content (AvgIpc) is 2.97. The highest BCUT2D eigenvalue weighted by Gasteiger charge is 2.07. The molecule has 0 bridgehead atoms. The molecule has 0 aliphatic heterocycles. The summed E-state index contributed by atoms with van der Waals surface area (Å²) in [5.41, 5.74) is 2.07. The van der Waals surface area contributed by atoms with Crippen molar-refractivity contribution in [3.63, 3.8) is 0 Å². The molecule has 0 unspecified atom stereocenters. The molecule has 0 saturated heterocycles. The maximum Gasteiger partial charge on any atom is 0.170 e. The predicted octanol–water partition coefficient (Wildman–Crippen LogP) is 2.61. The second-order valence-electron chi connectivity index (χ2n) is 4.58. The van der Waals surface area contributed by atoms with Crippen LogP contribution in [0.15, 0.2) is 54.6 Å². The number of nitrogens with zero attached hydrogens (tertiary/aromatic N) is 4. The molecular weight excluding hydrogens is 286 g/mol. The van der Waals surface area contributed by atoms with E-state index in [4.69, 9.17) is 11.6 Å². The van der Waals surface area contributed by atoms with E-state index in [0.29, 0.717) is 13.1 Å². The summed E-state index contributed by atoms with van der Waals surface area (Å²) < 4.78 is 1.73. The Balaban J connectivity index is 1.66. The molecule has 2 aromatic carbocycles. The Morgan fingerprint density at radius 3 is 2.67 bits per heavy atom. The van der Waals surface area contributed by atoms with Crippen molar-refractivity contribution in [2.24, 2.45) is 0 Å². The first-order valence-electron chi connectivity index (χ1n) is 6.61. The van der Waals surface area contributed by atoms with E-state index in [1.165, 1.54) is 0 Å². The van der Waals surface area contributed by atoms with Gasteiger partial charge in [0.2, 0.25) is 0 Å². The van der Waals surface area contributed by atoms with Gasteiger partial charge in [0.05, 0.1) is 12.2 Å². The second kappa shape index (κ2) is 6.47. The zero-order valence-electron chi connectivity index (χ0n) is 11.3. The Bertz CT molecular complexity index is 711. The molecule has 1 aromatic heterocycles. The highest BCUT2D eigenvalue weighted by Crippen LogP contribution is 2.11. The Morgan fingerprint density at radius 2 is 1.86 bits per heavy atom. The van der Waals surface area contributed by atoms with Crippen molar-refractivity contribution in [2.45, 2.75) is 13.1 Å². The zero-order valence-corrected chi connectivity index (χ0v) is 12.0. The van der Waals surface area contributed by atoms with Gasteiger partial charge in [0.15, 0.2) is 5.82 Å². The quantitative estimate of drug-likeness (QED) is 0.787. The van der Waals surface area contributed by atoms with Crippen LogP contribution in [0, 0.1) is 0 Å². The van der Waals surface area contributed by atoms with Crippen LogP contribution in [0.5, 0.6) is 0 Å². The molecule has 0 aliphatic rings. The van der Waals surface area contributed by atoms with Crippen LogP contribution in [-0.2, 0) is 13.1 Å². The van der Waals surface area contributed by atoms with E-state index in [1.807, 2.05) is 54.6 Å². The molecule has 0 saturated carbocycles. The fourth-order valence-corrected chi connectivity index (χ4v) is 2.26. The fraction of sp³-hybridized carbons (Fsp3) is 0.133. The van der Waals surface area contributed by atoms with Crippen molar-refractivity contribution < 1.29 is 0 Å². The van der Waals surface area contributed by atoms with E-state index in [9.17, 15) is 0 Å². The lowest BCUT2D eigenvalue weighted by atomic mass is 10.2. The third kappa shape index (κ3) is 3.45. The number of benzene rings is 2. The second-order valence-corrected chi connectivity index (χ2v) is 5.01. The summed E-state index contributed by atoms with van der Waals surface area (Å²) in [4.78, 5) is 0. The highest BCUT2D eigenvalue weighted by molar-refractivity contribution is 6.30. The van der Waals surface area contributed by atoms with E-state index < -0.39 is 0 Å². The monoisotopic (exact) mass is 299 g/mol. The Labute approximate surface area is 127 Å². The van der Waals surface area contributed by atoms with Gasteiger partial charge < -0.3 is 5.32 Å². The van der Waals surface area contributed by atoms with Crippen molar-refractivity contribution in [2.75, 3.05) is 0 Å². The molecule has 0 fully saturated rings. The third-order valence-electron chi connectivity index (χ3n) is 3.04. The minimum atomic E-state index is 0.578. The Kier molecular flexibility index (Phi) is 4.23. The van der Waals surface area contributed by atoms with Crippen LogP contribution in [0.25, 0.3) is 5.69 Å². The summed E-state index contributed by atoms with van der Waals surface area (Å²) in [6.45, 7) is 1.29.